The van der Waals surface area contributed by atoms with E-state index in [-0.39, 0.29) is 17.5 Å². The van der Waals surface area contributed by atoms with Crippen LogP contribution in [0.1, 0.15) is 28.8 Å². The number of hydrogen-bond acceptors (Lipinski definition) is 2. The molecule has 1 aliphatic heterocycles. The van der Waals surface area contributed by atoms with Crippen LogP contribution >= 0.6 is 23.2 Å². The second kappa shape index (κ2) is 7.64. The number of halogens is 3. The quantitative estimate of drug-likeness (QED) is 0.691. The van der Waals surface area contributed by atoms with Crippen LogP contribution in [0.5, 0.6) is 0 Å². The van der Waals surface area contributed by atoms with E-state index in [0.29, 0.717) is 15.6 Å². The van der Waals surface area contributed by atoms with Crippen molar-refractivity contribution >= 4 is 29.0 Å². The van der Waals surface area contributed by atoms with Gasteiger partial charge in [-0.1, -0.05) is 29.3 Å². The van der Waals surface area contributed by atoms with Crippen molar-refractivity contribution in [3.05, 3.63) is 69.5 Å². The maximum atomic E-state index is 13.0. The molecule has 2 aromatic rings. The Kier molecular flexibility index (Phi) is 5.54. The van der Waals surface area contributed by atoms with Gasteiger partial charge in [-0.2, -0.15) is 0 Å². The summed E-state index contributed by atoms with van der Waals surface area (Å²) < 4.78 is 13.0. The van der Waals surface area contributed by atoms with E-state index in [1.54, 1.807) is 12.1 Å². The monoisotopic (exact) mass is 365 g/mol. The van der Waals surface area contributed by atoms with Gasteiger partial charge in [-0.3, -0.25) is 9.69 Å². The molecule has 0 unspecified atom stereocenters. The molecule has 5 heteroatoms. The van der Waals surface area contributed by atoms with E-state index >= 15 is 0 Å². The summed E-state index contributed by atoms with van der Waals surface area (Å²) in [6.07, 6.45) is 1.63. The standard InChI is InChI=1S/C19H18Cl2FNO/c20-17-6-1-13(11-18(17)21)12-23-9-7-15(8-10-23)19(24)14-2-4-16(22)5-3-14/h1-6,11,15H,7-10,12H2. The molecule has 0 amide bonds. The van der Waals surface area contributed by atoms with Gasteiger partial charge < -0.3 is 0 Å². The lowest BCUT2D eigenvalue weighted by atomic mass is 9.89. The second-order valence-corrected chi connectivity index (χ2v) is 6.98. The number of rotatable bonds is 4. The Morgan fingerprint density at radius 2 is 1.71 bits per heavy atom. The Bertz CT molecular complexity index is 725. The van der Waals surface area contributed by atoms with E-state index < -0.39 is 0 Å². The number of hydrogen-bond donors (Lipinski definition) is 0. The molecule has 1 aliphatic rings. The number of likely N-dealkylation sites (tertiary alicyclic amines) is 1. The first-order chi connectivity index (χ1) is 11.5. The van der Waals surface area contributed by atoms with E-state index in [2.05, 4.69) is 4.90 Å². The summed E-state index contributed by atoms with van der Waals surface area (Å²) in [6.45, 7) is 2.52. The van der Waals surface area contributed by atoms with Gasteiger partial charge >= 0.3 is 0 Å². The van der Waals surface area contributed by atoms with Crippen molar-refractivity contribution in [2.45, 2.75) is 19.4 Å². The molecule has 0 bridgehead atoms. The molecule has 24 heavy (non-hydrogen) atoms. The predicted molar refractivity (Wildman–Crippen MR) is 95.2 cm³/mol. The van der Waals surface area contributed by atoms with Crippen LogP contribution in [0.3, 0.4) is 0 Å². The highest BCUT2D eigenvalue weighted by molar-refractivity contribution is 6.42. The highest BCUT2D eigenvalue weighted by atomic mass is 35.5. The molecule has 0 aromatic heterocycles. The van der Waals surface area contributed by atoms with Crippen molar-refractivity contribution in [1.82, 2.24) is 4.90 Å². The Hall–Kier alpha value is -1.42. The van der Waals surface area contributed by atoms with Crippen LogP contribution in [0.4, 0.5) is 4.39 Å². The molecule has 1 fully saturated rings. The molecule has 1 saturated heterocycles. The Morgan fingerprint density at radius 1 is 1.04 bits per heavy atom. The zero-order valence-electron chi connectivity index (χ0n) is 13.1. The van der Waals surface area contributed by atoms with Crippen molar-refractivity contribution in [1.29, 1.82) is 0 Å². The van der Waals surface area contributed by atoms with Crippen molar-refractivity contribution in [3.63, 3.8) is 0 Å². The van der Waals surface area contributed by atoms with Gasteiger partial charge in [0.2, 0.25) is 0 Å². The maximum Gasteiger partial charge on any atom is 0.166 e. The lowest BCUT2D eigenvalue weighted by Gasteiger charge is -2.31. The number of carbonyl (C=O) groups excluding carboxylic acids is 1. The summed E-state index contributed by atoms with van der Waals surface area (Å²) in [6, 6.07) is 11.5. The fourth-order valence-electron chi connectivity index (χ4n) is 3.10. The predicted octanol–water partition coefficient (Wildman–Crippen LogP) is 5.23. The first-order valence-corrected chi connectivity index (χ1v) is 8.74. The Balaban J connectivity index is 1.56. The highest BCUT2D eigenvalue weighted by Gasteiger charge is 2.25. The fraction of sp³-hybridized carbons (Fsp3) is 0.316. The lowest BCUT2D eigenvalue weighted by molar-refractivity contribution is 0.0835. The number of ketones is 1. The molecule has 0 spiro atoms. The molecule has 2 aromatic carbocycles. The molecule has 0 N–H and O–H groups in total. The van der Waals surface area contributed by atoms with Gasteiger partial charge in [0.1, 0.15) is 5.82 Å². The number of benzene rings is 2. The average Bonchev–Trinajstić information content (AvgIpc) is 2.59. The number of Topliss-reactive ketones (excluding diaryl/α,β-unsaturated/α-hetero) is 1. The van der Waals surface area contributed by atoms with E-state index in [9.17, 15) is 9.18 Å². The van der Waals surface area contributed by atoms with Crippen LogP contribution in [0, 0.1) is 11.7 Å². The lowest BCUT2D eigenvalue weighted by Crippen LogP contribution is -2.35. The van der Waals surface area contributed by atoms with Crippen molar-refractivity contribution in [2.75, 3.05) is 13.1 Å². The first-order valence-electron chi connectivity index (χ1n) is 7.99. The van der Waals surface area contributed by atoms with Crippen LogP contribution < -0.4 is 0 Å². The van der Waals surface area contributed by atoms with Crippen LogP contribution in [0.15, 0.2) is 42.5 Å². The SMILES string of the molecule is O=C(c1ccc(F)cc1)C1CCN(Cc2ccc(Cl)c(Cl)c2)CC1. The van der Waals surface area contributed by atoms with Gasteiger partial charge in [-0.25, -0.2) is 4.39 Å². The molecular formula is C19H18Cl2FNO. The molecule has 0 atom stereocenters. The summed E-state index contributed by atoms with van der Waals surface area (Å²) in [5.41, 5.74) is 1.71. The van der Waals surface area contributed by atoms with Crippen molar-refractivity contribution in [2.24, 2.45) is 5.92 Å². The highest BCUT2D eigenvalue weighted by Crippen LogP contribution is 2.26. The van der Waals surface area contributed by atoms with Gasteiger partial charge in [-0.05, 0) is 67.9 Å². The largest absolute Gasteiger partial charge is 0.299 e. The molecule has 1 heterocycles. The van der Waals surface area contributed by atoms with Gasteiger partial charge in [0.15, 0.2) is 5.78 Å². The zero-order chi connectivity index (χ0) is 17.1. The fourth-order valence-corrected chi connectivity index (χ4v) is 3.42. The smallest absolute Gasteiger partial charge is 0.166 e. The summed E-state index contributed by atoms with van der Waals surface area (Å²) in [4.78, 5) is 14.8. The normalized spacial score (nSPS) is 16.3. The van der Waals surface area contributed by atoms with E-state index in [1.165, 1.54) is 12.1 Å². The van der Waals surface area contributed by atoms with Crippen LogP contribution in [-0.2, 0) is 6.54 Å². The first kappa shape index (κ1) is 17.4. The van der Waals surface area contributed by atoms with E-state index in [4.69, 9.17) is 23.2 Å². The second-order valence-electron chi connectivity index (χ2n) is 6.17. The van der Waals surface area contributed by atoms with E-state index in [1.807, 2.05) is 18.2 Å². The Morgan fingerprint density at radius 3 is 2.33 bits per heavy atom. The van der Waals surface area contributed by atoms with Gasteiger partial charge in [0.05, 0.1) is 10.0 Å². The minimum Gasteiger partial charge on any atom is -0.299 e. The minimum absolute atomic E-state index is 0.0144. The number of carbonyl (C=O) groups is 1. The third-order valence-electron chi connectivity index (χ3n) is 4.48. The summed E-state index contributed by atoms with van der Waals surface area (Å²) in [5.74, 6) is -0.187. The molecule has 0 radical (unpaired) electrons. The van der Waals surface area contributed by atoms with Gasteiger partial charge in [0.25, 0.3) is 0 Å². The number of piperidine rings is 1. The van der Waals surface area contributed by atoms with Crippen molar-refractivity contribution in [3.8, 4) is 0 Å². The molecule has 3 rings (SSSR count). The van der Waals surface area contributed by atoms with Gasteiger partial charge in [-0.15, -0.1) is 0 Å². The van der Waals surface area contributed by atoms with E-state index in [0.717, 1.165) is 38.0 Å². The van der Waals surface area contributed by atoms with Gasteiger partial charge in [0, 0.05) is 18.0 Å². The molecular weight excluding hydrogens is 348 g/mol. The van der Waals surface area contributed by atoms with Crippen molar-refractivity contribution < 1.29 is 9.18 Å². The van der Waals surface area contributed by atoms with Crippen LogP contribution in [0.2, 0.25) is 10.0 Å². The van der Waals surface area contributed by atoms with Crippen LogP contribution in [-0.4, -0.2) is 23.8 Å². The topological polar surface area (TPSA) is 20.3 Å². The summed E-state index contributed by atoms with van der Waals surface area (Å²) in [7, 11) is 0. The summed E-state index contributed by atoms with van der Waals surface area (Å²) >= 11 is 12.0. The molecule has 126 valence electrons. The maximum absolute atomic E-state index is 13.0. The molecule has 0 aliphatic carbocycles. The summed E-state index contributed by atoms with van der Waals surface area (Å²) in [5, 5.41) is 1.12. The average molecular weight is 366 g/mol. The van der Waals surface area contributed by atoms with Crippen LogP contribution in [0.25, 0.3) is 0 Å². The molecule has 2 nitrogen and oxygen atoms in total. The zero-order valence-corrected chi connectivity index (χ0v) is 14.7. The minimum atomic E-state index is -0.317. The molecule has 0 saturated carbocycles. The third kappa shape index (κ3) is 4.15. The Labute approximate surface area is 151 Å². The third-order valence-corrected chi connectivity index (χ3v) is 5.22. The number of nitrogens with zero attached hydrogens (tertiary/aromatic N) is 1.